The van der Waals surface area contributed by atoms with E-state index < -0.39 is 0 Å². The van der Waals surface area contributed by atoms with Crippen LogP contribution < -0.4 is 9.64 Å². The molecule has 114 valence electrons. The van der Waals surface area contributed by atoms with Crippen molar-refractivity contribution in [3.63, 3.8) is 0 Å². The summed E-state index contributed by atoms with van der Waals surface area (Å²) in [5.74, 6) is 1.58. The lowest BCUT2D eigenvalue weighted by atomic mass is 10.2. The van der Waals surface area contributed by atoms with Crippen molar-refractivity contribution in [2.24, 2.45) is 0 Å². The quantitative estimate of drug-likeness (QED) is 0.804. The van der Waals surface area contributed by atoms with Crippen molar-refractivity contribution in [1.82, 2.24) is 15.0 Å². The molecule has 0 bridgehead atoms. The summed E-state index contributed by atoms with van der Waals surface area (Å²) in [4.78, 5) is 14.5. The monoisotopic (exact) mass is 316 g/mol. The van der Waals surface area contributed by atoms with Crippen LogP contribution in [0.3, 0.4) is 0 Å². The normalized spacial score (nSPS) is 15.4. The standard InChI is InChI=1S/C15H16N4O2S/c1-20-11-3-2-10(19-6-8-21-9-7-19)13-12(11)18-15(22-13)14-16-4-5-17-14/h2-5H,6-9H2,1H3,(H,16,17). The van der Waals surface area contributed by atoms with Crippen LogP contribution in [-0.4, -0.2) is 48.4 Å². The predicted molar refractivity (Wildman–Crippen MR) is 86.8 cm³/mol. The number of aromatic nitrogens is 3. The van der Waals surface area contributed by atoms with Crippen molar-refractivity contribution in [2.45, 2.75) is 0 Å². The second-order valence-electron chi connectivity index (χ2n) is 5.02. The Labute approximate surface area is 131 Å². The SMILES string of the molecule is COc1ccc(N2CCOCC2)c2sc(-c3ncc[nH]3)nc12. The first-order valence-electron chi connectivity index (χ1n) is 7.17. The maximum atomic E-state index is 5.47. The highest BCUT2D eigenvalue weighted by Gasteiger charge is 2.20. The summed E-state index contributed by atoms with van der Waals surface area (Å²) >= 11 is 1.64. The number of aromatic amines is 1. The summed E-state index contributed by atoms with van der Waals surface area (Å²) < 4.78 is 12.1. The lowest BCUT2D eigenvalue weighted by molar-refractivity contribution is 0.123. The van der Waals surface area contributed by atoms with Crippen LogP contribution in [0.5, 0.6) is 5.75 Å². The lowest BCUT2D eigenvalue weighted by Crippen LogP contribution is -2.36. The first kappa shape index (κ1) is 13.5. The third kappa shape index (κ3) is 2.22. The molecule has 1 aromatic carbocycles. The average Bonchev–Trinajstić information content (AvgIpc) is 3.23. The van der Waals surface area contributed by atoms with Gasteiger partial charge in [0.05, 0.1) is 30.7 Å². The Morgan fingerprint density at radius 3 is 2.91 bits per heavy atom. The van der Waals surface area contributed by atoms with Crippen molar-refractivity contribution in [1.29, 1.82) is 0 Å². The summed E-state index contributed by atoms with van der Waals surface area (Å²) in [5, 5.41) is 0.874. The molecule has 1 N–H and O–H groups in total. The van der Waals surface area contributed by atoms with E-state index in [1.807, 2.05) is 12.3 Å². The van der Waals surface area contributed by atoms with E-state index in [1.165, 1.54) is 5.69 Å². The van der Waals surface area contributed by atoms with Gasteiger partial charge in [-0.05, 0) is 12.1 Å². The molecule has 0 aliphatic carbocycles. The Bertz CT molecular complexity index is 778. The minimum absolute atomic E-state index is 0.761. The number of ether oxygens (including phenoxy) is 2. The Morgan fingerprint density at radius 2 is 2.18 bits per heavy atom. The second-order valence-corrected chi connectivity index (χ2v) is 6.02. The van der Waals surface area contributed by atoms with E-state index >= 15 is 0 Å². The molecule has 22 heavy (non-hydrogen) atoms. The van der Waals surface area contributed by atoms with Crippen molar-refractivity contribution >= 4 is 27.2 Å². The largest absolute Gasteiger partial charge is 0.494 e. The molecule has 0 unspecified atom stereocenters. The number of fused-ring (bicyclic) bond motifs is 1. The number of methoxy groups -OCH3 is 1. The Hall–Kier alpha value is -2.12. The van der Waals surface area contributed by atoms with Gasteiger partial charge in [-0.2, -0.15) is 0 Å². The van der Waals surface area contributed by atoms with Gasteiger partial charge in [0.15, 0.2) is 10.8 Å². The molecule has 1 aliphatic rings. The number of nitrogens with zero attached hydrogens (tertiary/aromatic N) is 3. The number of anilines is 1. The molecule has 2 aromatic heterocycles. The van der Waals surface area contributed by atoms with Crippen molar-refractivity contribution in [3.8, 4) is 16.6 Å². The highest BCUT2D eigenvalue weighted by atomic mass is 32.1. The summed E-state index contributed by atoms with van der Waals surface area (Å²) in [5.41, 5.74) is 2.08. The van der Waals surface area contributed by atoms with Gasteiger partial charge in [0.2, 0.25) is 0 Å². The van der Waals surface area contributed by atoms with Gasteiger partial charge in [0, 0.05) is 25.5 Å². The van der Waals surface area contributed by atoms with Gasteiger partial charge in [-0.25, -0.2) is 9.97 Å². The summed E-state index contributed by atoms with van der Waals surface area (Å²) in [6, 6.07) is 4.09. The zero-order valence-electron chi connectivity index (χ0n) is 12.2. The van der Waals surface area contributed by atoms with Crippen LogP contribution in [0.4, 0.5) is 5.69 Å². The van der Waals surface area contributed by atoms with Gasteiger partial charge in [0.1, 0.15) is 11.3 Å². The molecule has 0 spiro atoms. The number of thiazole rings is 1. The first-order valence-corrected chi connectivity index (χ1v) is 7.98. The molecule has 3 heterocycles. The predicted octanol–water partition coefficient (Wildman–Crippen LogP) is 2.53. The molecule has 1 fully saturated rings. The van der Waals surface area contributed by atoms with Gasteiger partial charge < -0.3 is 19.4 Å². The minimum Gasteiger partial charge on any atom is -0.494 e. The molecule has 3 aromatic rings. The van der Waals surface area contributed by atoms with Crippen molar-refractivity contribution in [2.75, 3.05) is 38.3 Å². The zero-order chi connectivity index (χ0) is 14.9. The van der Waals surface area contributed by atoms with E-state index in [0.717, 1.165) is 53.1 Å². The van der Waals surface area contributed by atoms with Crippen LogP contribution in [0.2, 0.25) is 0 Å². The maximum Gasteiger partial charge on any atom is 0.166 e. The van der Waals surface area contributed by atoms with Crippen LogP contribution in [0.25, 0.3) is 21.0 Å². The first-order chi connectivity index (χ1) is 10.9. The van der Waals surface area contributed by atoms with Crippen LogP contribution in [-0.2, 0) is 4.74 Å². The van der Waals surface area contributed by atoms with Crippen LogP contribution >= 0.6 is 11.3 Å². The fourth-order valence-corrected chi connectivity index (χ4v) is 3.75. The molecular weight excluding hydrogens is 300 g/mol. The average molecular weight is 316 g/mol. The number of hydrogen-bond donors (Lipinski definition) is 1. The van der Waals surface area contributed by atoms with Crippen molar-refractivity contribution in [3.05, 3.63) is 24.5 Å². The highest BCUT2D eigenvalue weighted by Crippen LogP contribution is 2.40. The molecule has 7 heteroatoms. The number of hydrogen-bond acceptors (Lipinski definition) is 6. The van der Waals surface area contributed by atoms with Crippen LogP contribution in [0.15, 0.2) is 24.5 Å². The third-order valence-corrected chi connectivity index (χ3v) is 4.84. The molecule has 0 amide bonds. The smallest absolute Gasteiger partial charge is 0.166 e. The number of morpholine rings is 1. The topological polar surface area (TPSA) is 63.3 Å². The van der Waals surface area contributed by atoms with Crippen LogP contribution in [0, 0.1) is 0 Å². The van der Waals surface area contributed by atoms with Gasteiger partial charge >= 0.3 is 0 Å². The number of imidazole rings is 1. The summed E-state index contributed by atoms with van der Waals surface area (Å²) in [7, 11) is 1.68. The molecule has 6 nitrogen and oxygen atoms in total. The molecular formula is C15H16N4O2S. The third-order valence-electron chi connectivity index (χ3n) is 3.76. The number of rotatable bonds is 3. The Kier molecular flexibility index (Phi) is 3.44. The zero-order valence-corrected chi connectivity index (χ0v) is 13.0. The number of benzene rings is 1. The minimum atomic E-state index is 0.761. The van der Waals surface area contributed by atoms with E-state index in [9.17, 15) is 0 Å². The van der Waals surface area contributed by atoms with E-state index in [2.05, 4.69) is 20.9 Å². The highest BCUT2D eigenvalue weighted by molar-refractivity contribution is 7.22. The molecule has 1 saturated heterocycles. The molecule has 1 aliphatic heterocycles. The van der Waals surface area contributed by atoms with Gasteiger partial charge in [-0.3, -0.25) is 0 Å². The molecule has 0 atom stereocenters. The van der Waals surface area contributed by atoms with E-state index in [1.54, 1.807) is 24.6 Å². The van der Waals surface area contributed by atoms with Crippen LogP contribution in [0.1, 0.15) is 0 Å². The fourth-order valence-electron chi connectivity index (χ4n) is 2.67. The summed E-state index contributed by atoms with van der Waals surface area (Å²) in [6.45, 7) is 3.32. The molecule has 4 rings (SSSR count). The second kappa shape index (κ2) is 5.58. The van der Waals surface area contributed by atoms with E-state index in [-0.39, 0.29) is 0 Å². The maximum absolute atomic E-state index is 5.47. The van der Waals surface area contributed by atoms with Gasteiger partial charge in [-0.1, -0.05) is 0 Å². The molecule has 0 radical (unpaired) electrons. The van der Waals surface area contributed by atoms with E-state index in [4.69, 9.17) is 14.5 Å². The van der Waals surface area contributed by atoms with Crippen molar-refractivity contribution < 1.29 is 9.47 Å². The lowest BCUT2D eigenvalue weighted by Gasteiger charge is -2.29. The van der Waals surface area contributed by atoms with Gasteiger partial charge in [-0.15, -0.1) is 11.3 Å². The summed E-state index contributed by atoms with van der Waals surface area (Å²) in [6.07, 6.45) is 3.54. The number of H-pyrrole nitrogens is 1. The van der Waals surface area contributed by atoms with E-state index in [0.29, 0.717) is 0 Å². The number of nitrogens with one attached hydrogen (secondary N) is 1. The van der Waals surface area contributed by atoms with Gasteiger partial charge in [0.25, 0.3) is 0 Å². The Balaban J connectivity index is 1.87. The fraction of sp³-hybridized carbons (Fsp3) is 0.333. The Morgan fingerprint density at radius 1 is 1.32 bits per heavy atom. The molecule has 0 saturated carbocycles.